The molecular formula is C16H21NO2. The predicted octanol–water partition coefficient (Wildman–Crippen LogP) is 3.07. The molecule has 1 aromatic carbocycles. The maximum Gasteiger partial charge on any atom is 0.134 e. The highest BCUT2D eigenvalue weighted by atomic mass is 16.3. The summed E-state index contributed by atoms with van der Waals surface area (Å²) >= 11 is 0. The Hall–Kier alpha value is -1.32. The van der Waals surface area contributed by atoms with Gasteiger partial charge in [-0.1, -0.05) is 31.0 Å². The fourth-order valence-corrected chi connectivity index (χ4v) is 3.05. The number of benzene rings is 1. The molecule has 0 spiro atoms. The largest absolute Gasteiger partial charge is 0.460 e. The first-order chi connectivity index (χ1) is 9.36. The molecule has 19 heavy (non-hydrogen) atoms. The Balaban J connectivity index is 1.64. The third-order valence-electron chi connectivity index (χ3n) is 4.16. The van der Waals surface area contributed by atoms with Gasteiger partial charge in [0.05, 0.1) is 6.54 Å². The van der Waals surface area contributed by atoms with Gasteiger partial charge in [0, 0.05) is 18.0 Å². The van der Waals surface area contributed by atoms with Crippen LogP contribution in [-0.2, 0) is 6.54 Å². The molecule has 0 radical (unpaired) electrons. The molecule has 1 aliphatic carbocycles. The van der Waals surface area contributed by atoms with E-state index in [1.165, 1.54) is 12.8 Å². The van der Waals surface area contributed by atoms with Gasteiger partial charge in [0.25, 0.3) is 0 Å². The first kappa shape index (κ1) is 12.7. The quantitative estimate of drug-likeness (QED) is 0.887. The van der Waals surface area contributed by atoms with Crippen LogP contribution in [0, 0.1) is 5.92 Å². The van der Waals surface area contributed by atoms with E-state index in [4.69, 9.17) is 4.42 Å². The Morgan fingerprint density at radius 1 is 1.21 bits per heavy atom. The highest BCUT2D eigenvalue weighted by Gasteiger charge is 2.24. The van der Waals surface area contributed by atoms with Crippen molar-refractivity contribution in [1.82, 2.24) is 5.32 Å². The van der Waals surface area contributed by atoms with E-state index in [1.807, 2.05) is 18.2 Å². The average molecular weight is 259 g/mol. The van der Waals surface area contributed by atoms with Crippen LogP contribution in [0.3, 0.4) is 0 Å². The van der Waals surface area contributed by atoms with Crippen LogP contribution >= 0.6 is 0 Å². The summed E-state index contributed by atoms with van der Waals surface area (Å²) in [6.45, 7) is 1.04. The van der Waals surface area contributed by atoms with E-state index in [9.17, 15) is 5.11 Å². The monoisotopic (exact) mass is 259 g/mol. The molecule has 1 saturated carbocycles. The molecule has 2 atom stereocenters. The molecule has 1 aromatic heterocycles. The fraction of sp³-hybridized carbons (Fsp3) is 0.500. The van der Waals surface area contributed by atoms with Crippen molar-refractivity contribution in [3.63, 3.8) is 0 Å². The zero-order chi connectivity index (χ0) is 13.1. The summed E-state index contributed by atoms with van der Waals surface area (Å²) in [5, 5.41) is 14.1. The van der Waals surface area contributed by atoms with Crippen molar-refractivity contribution in [2.75, 3.05) is 6.61 Å². The summed E-state index contributed by atoms with van der Waals surface area (Å²) in [7, 11) is 0. The van der Waals surface area contributed by atoms with E-state index in [0.29, 0.717) is 12.0 Å². The molecule has 2 aromatic rings. The molecule has 3 heteroatoms. The van der Waals surface area contributed by atoms with Gasteiger partial charge in [0.2, 0.25) is 0 Å². The fourth-order valence-electron chi connectivity index (χ4n) is 3.05. The summed E-state index contributed by atoms with van der Waals surface area (Å²) < 4.78 is 5.80. The van der Waals surface area contributed by atoms with Crippen LogP contribution in [0.4, 0.5) is 0 Å². The predicted molar refractivity (Wildman–Crippen MR) is 75.9 cm³/mol. The number of fused-ring (bicyclic) bond motifs is 1. The minimum Gasteiger partial charge on any atom is -0.460 e. The summed E-state index contributed by atoms with van der Waals surface area (Å²) in [5.74, 6) is 1.38. The van der Waals surface area contributed by atoms with Crippen LogP contribution < -0.4 is 5.32 Å². The van der Waals surface area contributed by atoms with E-state index in [1.54, 1.807) is 0 Å². The minimum absolute atomic E-state index is 0.289. The molecule has 0 saturated heterocycles. The number of aliphatic hydroxyl groups excluding tert-OH is 1. The van der Waals surface area contributed by atoms with Crippen LogP contribution in [0.25, 0.3) is 11.0 Å². The van der Waals surface area contributed by atoms with Crippen LogP contribution in [0.5, 0.6) is 0 Å². The average Bonchev–Trinajstić information content (AvgIpc) is 2.88. The third-order valence-corrected chi connectivity index (χ3v) is 4.16. The van der Waals surface area contributed by atoms with Gasteiger partial charge in [0.15, 0.2) is 0 Å². The Morgan fingerprint density at radius 3 is 2.89 bits per heavy atom. The number of hydrogen-bond donors (Lipinski definition) is 2. The van der Waals surface area contributed by atoms with Crippen LogP contribution in [-0.4, -0.2) is 17.8 Å². The summed E-state index contributed by atoms with van der Waals surface area (Å²) in [5.41, 5.74) is 0.946. The number of para-hydroxylation sites is 1. The smallest absolute Gasteiger partial charge is 0.134 e. The molecule has 0 bridgehead atoms. The normalized spacial score (nSPS) is 23.8. The Bertz CT molecular complexity index is 501. The highest BCUT2D eigenvalue weighted by Crippen LogP contribution is 2.25. The Labute approximate surface area is 113 Å². The lowest BCUT2D eigenvalue weighted by molar-refractivity contribution is 0.151. The van der Waals surface area contributed by atoms with Gasteiger partial charge in [-0.3, -0.25) is 0 Å². The minimum atomic E-state index is 0.289. The lowest BCUT2D eigenvalue weighted by Crippen LogP contribution is -2.39. The molecule has 3 nitrogen and oxygen atoms in total. The lowest BCUT2D eigenvalue weighted by atomic mass is 9.85. The topological polar surface area (TPSA) is 45.4 Å². The van der Waals surface area contributed by atoms with Crippen molar-refractivity contribution < 1.29 is 9.52 Å². The van der Waals surface area contributed by atoms with Crippen molar-refractivity contribution in [2.24, 2.45) is 5.92 Å². The van der Waals surface area contributed by atoms with Crippen molar-refractivity contribution in [3.05, 3.63) is 36.1 Å². The maximum absolute atomic E-state index is 9.41. The van der Waals surface area contributed by atoms with Gasteiger partial charge in [-0.2, -0.15) is 0 Å². The molecule has 1 heterocycles. The van der Waals surface area contributed by atoms with E-state index in [-0.39, 0.29) is 6.61 Å². The maximum atomic E-state index is 9.41. The summed E-state index contributed by atoms with van der Waals surface area (Å²) in [6, 6.07) is 10.6. The van der Waals surface area contributed by atoms with Crippen LogP contribution in [0.2, 0.25) is 0 Å². The molecule has 2 N–H and O–H groups in total. The van der Waals surface area contributed by atoms with E-state index >= 15 is 0 Å². The Kier molecular flexibility index (Phi) is 3.85. The Morgan fingerprint density at radius 2 is 2.05 bits per heavy atom. The number of nitrogens with one attached hydrogen (secondary N) is 1. The number of aliphatic hydroxyl groups is 1. The molecule has 2 unspecified atom stereocenters. The zero-order valence-electron chi connectivity index (χ0n) is 11.1. The number of hydrogen-bond acceptors (Lipinski definition) is 3. The third kappa shape index (κ3) is 2.82. The van der Waals surface area contributed by atoms with Gasteiger partial charge in [-0.15, -0.1) is 0 Å². The molecule has 1 fully saturated rings. The highest BCUT2D eigenvalue weighted by molar-refractivity contribution is 5.77. The van der Waals surface area contributed by atoms with Crippen molar-refractivity contribution >= 4 is 11.0 Å². The second kappa shape index (κ2) is 5.76. The second-order valence-corrected chi connectivity index (χ2v) is 5.47. The van der Waals surface area contributed by atoms with Gasteiger partial charge in [-0.25, -0.2) is 0 Å². The number of rotatable bonds is 4. The van der Waals surface area contributed by atoms with E-state index in [0.717, 1.165) is 36.1 Å². The van der Waals surface area contributed by atoms with Gasteiger partial charge in [-0.05, 0) is 30.9 Å². The van der Waals surface area contributed by atoms with Crippen LogP contribution in [0.1, 0.15) is 31.4 Å². The van der Waals surface area contributed by atoms with Crippen molar-refractivity contribution in [1.29, 1.82) is 0 Å². The van der Waals surface area contributed by atoms with E-state index in [2.05, 4.69) is 17.4 Å². The molecule has 102 valence electrons. The molecule has 0 aliphatic heterocycles. The molecular weight excluding hydrogens is 238 g/mol. The van der Waals surface area contributed by atoms with Gasteiger partial charge < -0.3 is 14.8 Å². The number of furan rings is 1. The summed E-state index contributed by atoms with van der Waals surface area (Å²) in [6.07, 6.45) is 4.79. The van der Waals surface area contributed by atoms with Crippen molar-refractivity contribution in [2.45, 2.75) is 38.3 Å². The SMILES string of the molecule is OCC1CCCCC1NCc1cc2ccccc2o1. The van der Waals surface area contributed by atoms with E-state index < -0.39 is 0 Å². The van der Waals surface area contributed by atoms with Crippen LogP contribution in [0.15, 0.2) is 34.7 Å². The van der Waals surface area contributed by atoms with Crippen molar-refractivity contribution in [3.8, 4) is 0 Å². The van der Waals surface area contributed by atoms with Gasteiger partial charge in [0.1, 0.15) is 11.3 Å². The second-order valence-electron chi connectivity index (χ2n) is 5.47. The first-order valence-corrected chi connectivity index (χ1v) is 7.18. The standard InChI is InChI=1S/C16H21NO2/c18-11-13-6-1-3-7-15(13)17-10-14-9-12-5-2-4-8-16(12)19-14/h2,4-5,8-9,13,15,17-18H,1,3,6-7,10-11H2. The molecule has 1 aliphatic rings. The summed E-state index contributed by atoms with van der Waals surface area (Å²) in [4.78, 5) is 0. The molecule has 3 rings (SSSR count). The lowest BCUT2D eigenvalue weighted by Gasteiger charge is -2.30. The van der Waals surface area contributed by atoms with Gasteiger partial charge >= 0.3 is 0 Å². The molecule has 0 amide bonds. The first-order valence-electron chi connectivity index (χ1n) is 7.18. The zero-order valence-corrected chi connectivity index (χ0v) is 11.1.